The molecular formula is C18H26BrNO2. The van der Waals surface area contributed by atoms with Gasteiger partial charge in [0.2, 0.25) is 0 Å². The Balaban J connectivity index is 0.000000172. The van der Waals surface area contributed by atoms with Crippen molar-refractivity contribution in [1.29, 1.82) is 0 Å². The SMILES string of the molecule is C[C@@H](N)C1CCCCC1.O=C(O)[C@@H]1C[C@@H]1c1ccc(Br)cc1. The fourth-order valence-corrected chi connectivity index (χ4v) is 3.47. The molecule has 0 spiro atoms. The first-order valence-electron chi connectivity index (χ1n) is 8.23. The molecule has 0 amide bonds. The fourth-order valence-electron chi connectivity index (χ4n) is 3.21. The number of carboxylic acids is 1. The van der Waals surface area contributed by atoms with Crippen LogP contribution in [0.25, 0.3) is 0 Å². The minimum Gasteiger partial charge on any atom is -0.481 e. The van der Waals surface area contributed by atoms with Gasteiger partial charge in [0.05, 0.1) is 5.92 Å². The van der Waals surface area contributed by atoms with Gasteiger partial charge >= 0.3 is 5.97 Å². The smallest absolute Gasteiger partial charge is 0.307 e. The van der Waals surface area contributed by atoms with Gasteiger partial charge in [-0.15, -0.1) is 0 Å². The third-order valence-corrected chi connectivity index (χ3v) is 5.33. The first kappa shape index (κ1) is 17.5. The highest BCUT2D eigenvalue weighted by molar-refractivity contribution is 9.10. The number of hydrogen-bond donors (Lipinski definition) is 2. The Kier molecular flexibility index (Phi) is 6.45. The Bertz CT molecular complexity index is 480. The predicted molar refractivity (Wildman–Crippen MR) is 92.9 cm³/mol. The molecule has 3 atom stereocenters. The number of aliphatic carboxylic acids is 1. The summed E-state index contributed by atoms with van der Waals surface area (Å²) in [7, 11) is 0. The molecule has 122 valence electrons. The van der Waals surface area contributed by atoms with E-state index in [0.29, 0.717) is 6.04 Å². The highest BCUT2D eigenvalue weighted by Gasteiger charge is 2.43. The van der Waals surface area contributed by atoms with E-state index in [4.69, 9.17) is 10.8 Å². The zero-order chi connectivity index (χ0) is 16.1. The summed E-state index contributed by atoms with van der Waals surface area (Å²) in [6.45, 7) is 2.13. The maximum atomic E-state index is 10.6. The van der Waals surface area contributed by atoms with E-state index in [-0.39, 0.29) is 11.8 Å². The Morgan fingerprint density at radius 2 is 1.82 bits per heavy atom. The summed E-state index contributed by atoms with van der Waals surface area (Å²) in [6.07, 6.45) is 7.79. The van der Waals surface area contributed by atoms with E-state index >= 15 is 0 Å². The topological polar surface area (TPSA) is 63.3 Å². The molecule has 3 nitrogen and oxygen atoms in total. The molecule has 1 aromatic rings. The minimum absolute atomic E-state index is 0.152. The summed E-state index contributed by atoms with van der Waals surface area (Å²) in [5.74, 6) is 0.249. The second-order valence-electron chi connectivity index (χ2n) is 6.60. The van der Waals surface area contributed by atoms with Gasteiger partial charge in [0.15, 0.2) is 0 Å². The van der Waals surface area contributed by atoms with Crippen molar-refractivity contribution in [1.82, 2.24) is 0 Å². The molecule has 0 radical (unpaired) electrons. The number of hydrogen-bond acceptors (Lipinski definition) is 2. The van der Waals surface area contributed by atoms with Gasteiger partial charge in [-0.05, 0) is 55.7 Å². The lowest BCUT2D eigenvalue weighted by Crippen LogP contribution is -2.27. The van der Waals surface area contributed by atoms with E-state index < -0.39 is 5.97 Å². The van der Waals surface area contributed by atoms with Crippen LogP contribution in [-0.4, -0.2) is 17.1 Å². The average Bonchev–Trinajstić information content (AvgIpc) is 3.30. The molecule has 0 heterocycles. The molecule has 4 heteroatoms. The molecule has 2 saturated carbocycles. The van der Waals surface area contributed by atoms with Gasteiger partial charge in [0.25, 0.3) is 0 Å². The van der Waals surface area contributed by atoms with E-state index in [0.717, 1.165) is 22.4 Å². The van der Waals surface area contributed by atoms with Crippen LogP contribution in [-0.2, 0) is 4.79 Å². The lowest BCUT2D eigenvalue weighted by Gasteiger charge is -2.24. The standard InChI is InChI=1S/C10H9BrO2.C8H17N/c11-7-3-1-6(2-4-7)8-5-9(8)10(12)13;1-7(9)8-5-3-2-4-6-8/h1-4,8-9H,5H2,(H,12,13);7-8H,2-6,9H2,1H3/t8-,9-;7-/m11/s1. The van der Waals surface area contributed by atoms with E-state index in [1.165, 1.54) is 32.1 Å². The Morgan fingerprint density at radius 3 is 2.23 bits per heavy atom. The zero-order valence-corrected chi connectivity index (χ0v) is 14.8. The van der Waals surface area contributed by atoms with Crippen LogP contribution in [0, 0.1) is 11.8 Å². The van der Waals surface area contributed by atoms with Crippen molar-refractivity contribution in [2.75, 3.05) is 0 Å². The number of carboxylic acid groups (broad SMARTS) is 1. The van der Waals surface area contributed by atoms with Crippen molar-refractivity contribution < 1.29 is 9.90 Å². The average molecular weight is 368 g/mol. The Hall–Kier alpha value is -0.870. The van der Waals surface area contributed by atoms with Gasteiger partial charge in [0.1, 0.15) is 0 Å². The maximum Gasteiger partial charge on any atom is 0.307 e. The summed E-state index contributed by atoms with van der Waals surface area (Å²) in [4.78, 5) is 10.6. The molecule has 2 aliphatic carbocycles. The van der Waals surface area contributed by atoms with E-state index in [2.05, 4.69) is 22.9 Å². The fraction of sp³-hybridized carbons (Fsp3) is 0.611. The van der Waals surface area contributed by atoms with Gasteiger partial charge in [-0.3, -0.25) is 4.79 Å². The normalized spacial score (nSPS) is 25.8. The van der Waals surface area contributed by atoms with Crippen molar-refractivity contribution in [3.63, 3.8) is 0 Å². The van der Waals surface area contributed by atoms with Crippen LogP contribution in [0.15, 0.2) is 28.7 Å². The van der Waals surface area contributed by atoms with Crippen LogP contribution in [0.4, 0.5) is 0 Å². The monoisotopic (exact) mass is 367 g/mol. The van der Waals surface area contributed by atoms with Crippen LogP contribution < -0.4 is 5.73 Å². The molecular weight excluding hydrogens is 342 g/mol. The second-order valence-corrected chi connectivity index (χ2v) is 7.51. The molecule has 3 rings (SSSR count). The number of nitrogens with two attached hydrogens (primary N) is 1. The summed E-state index contributed by atoms with van der Waals surface area (Å²) in [5.41, 5.74) is 6.90. The first-order chi connectivity index (χ1) is 10.5. The minimum atomic E-state index is -0.673. The van der Waals surface area contributed by atoms with Gasteiger partial charge < -0.3 is 10.8 Å². The molecule has 0 aliphatic heterocycles. The van der Waals surface area contributed by atoms with Gasteiger partial charge in [-0.2, -0.15) is 0 Å². The summed E-state index contributed by atoms with van der Waals surface area (Å²) < 4.78 is 1.03. The summed E-state index contributed by atoms with van der Waals surface area (Å²) in [6, 6.07) is 8.31. The number of rotatable bonds is 3. The van der Waals surface area contributed by atoms with Gasteiger partial charge in [-0.25, -0.2) is 0 Å². The molecule has 0 bridgehead atoms. The lowest BCUT2D eigenvalue weighted by molar-refractivity contribution is -0.138. The van der Waals surface area contributed by atoms with Crippen molar-refractivity contribution in [3.05, 3.63) is 34.3 Å². The number of carbonyl (C=O) groups is 1. The molecule has 0 aromatic heterocycles. The van der Waals surface area contributed by atoms with E-state index in [1.54, 1.807) is 0 Å². The summed E-state index contributed by atoms with van der Waals surface area (Å²) in [5, 5.41) is 8.73. The first-order valence-corrected chi connectivity index (χ1v) is 9.02. The molecule has 1 aromatic carbocycles. The summed E-state index contributed by atoms with van der Waals surface area (Å²) >= 11 is 3.34. The Labute approximate surface area is 141 Å². The zero-order valence-electron chi connectivity index (χ0n) is 13.2. The third-order valence-electron chi connectivity index (χ3n) is 4.80. The van der Waals surface area contributed by atoms with Crippen LogP contribution in [0.5, 0.6) is 0 Å². The molecule has 2 fully saturated rings. The van der Waals surface area contributed by atoms with Crippen LogP contribution in [0.1, 0.15) is 56.9 Å². The van der Waals surface area contributed by atoms with Crippen molar-refractivity contribution in [3.8, 4) is 0 Å². The Morgan fingerprint density at radius 1 is 1.23 bits per heavy atom. The van der Waals surface area contributed by atoms with Crippen LogP contribution >= 0.6 is 15.9 Å². The van der Waals surface area contributed by atoms with Gasteiger partial charge in [-0.1, -0.05) is 47.3 Å². The highest BCUT2D eigenvalue weighted by Crippen LogP contribution is 2.47. The number of halogens is 1. The molecule has 0 saturated heterocycles. The van der Waals surface area contributed by atoms with Crippen molar-refractivity contribution in [2.24, 2.45) is 17.6 Å². The highest BCUT2D eigenvalue weighted by atomic mass is 79.9. The van der Waals surface area contributed by atoms with Gasteiger partial charge in [0, 0.05) is 10.5 Å². The van der Waals surface area contributed by atoms with E-state index in [1.807, 2.05) is 24.3 Å². The van der Waals surface area contributed by atoms with Crippen molar-refractivity contribution in [2.45, 2.75) is 57.4 Å². The maximum absolute atomic E-state index is 10.6. The molecule has 2 aliphatic rings. The quantitative estimate of drug-likeness (QED) is 0.823. The largest absolute Gasteiger partial charge is 0.481 e. The predicted octanol–water partition coefficient (Wildman–Crippen LogP) is 4.55. The molecule has 3 N–H and O–H groups in total. The van der Waals surface area contributed by atoms with Crippen LogP contribution in [0.2, 0.25) is 0 Å². The number of benzene rings is 1. The van der Waals surface area contributed by atoms with E-state index in [9.17, 15) is 4.79 Å². The molecule has 22 heavy (non-hydrogen) atoms. The van der Waals surface area contributed by atoms with Crippen molar-refractivity contribution >= 4 is 21.9 Å². The molecule has 0 unspecified atom stereocenters. The van der Waals surface area contributed by atoms with Crippen LogP contribution in [0.3, 0.4) is 0 Å². The lowest BCUT2D eigenvalue weighted by atomic mass is 9.85. The third kappa shape index (κ3) is 5.10. The second kappa shape index (κ2) is 8.11.